The van der Waals surface area contributed by atoms with Gasteiger partial charge >= 0.3 is 0 Å². The minimum atomic E-state index is -3.41. The Hall–Kier alpha value is -2.00. The van der Waals surface area contributed by atoms with E-state index in [1.165, 1.54) is 18.2 Å². The molecule has 0 bridgehead atoms. The van der Waals surface area contributed by atoms with E-state index >= 15 is 0 Å². The number of terminal acetylenes is 1. The summed E-state index contributed by atoms with van der Waals surface area (Å²) < 4.78 is 22.9. The number of sulfone groups is 1. The SMILES string of the molecule is C#CCC(C)NC(=O)c1cc(N)cc(S(C)(=O)=O)c1. The fourth-order valence-corrected chi connectivity index (χ4v) is 2.19. The number of nitrogen functional groups attached to an aromatic ring is 1. The van der Waals surface area contributed by atoms with Crippen LogP contribution < -0.4 is 11.1 Å². The summed E-state index contributed by atoms with van der Waals surface area (Å²) in [7, 11) is -3.41. The van der Waals surface area contributed by atoms with Gasteiger partial charge < -0.3 is 11.1 Å². The van der Waals surface area contributed by atoms with Crippen molar-refractivity contribution in [3.05, 3.63) is 23.8 Å². The molecule has 0 aromatic heterocycles. The highest BCUT2D eigenvalue weighted by Gasteiger charge is 2.14. The molecule has 1 aromatic rings. The van der Waals surface area contributed by atoms with E-state index in [2.05, 4.69) is 11.2 Å². The highest BCUT2D eigenvalue weighted by atomic mass is 32.2. The number of carbonyl (C=O) groups is 1. The Morgan fingerprint density at radius 3 is 2.63 bits per heavy atom. The zero-order valence-corrected chi connectivity index (χ0v) is 11.6. The molecule has 0 heterocycles. The van der Waals surface area contributed by atoms with Crippen LogP contribution in [0.5, 0.6) is 0 Å². The normalized spacial score (nSPS) is 12.5. The second-order valence-corrected chi connectivity index (χ2v) is 6.36. The van der Waals surface area contributed by atoms with E-state index in [-0.39, 0.29) is 22.2 Å². The first-order valence-corrected chi connectivity index (χ1v) is 7.48. The van der Waals surface area contributed by atoms with Crippen LogP contribution in [-0.2, 0) is 9.84 Å². The monoisotopic (exact) mass is 280 g/mol. The molecule has 0 aliphatic heterocycles. The maximum Gasteiger partial charge on any atom is 0.251 e. The van der Waals surface area contributed by atoms with Gasteiger partial charge in [-0.05, 0) is 25.1 Å². The molecular weight excluding hydrogens is 264 g/mol. The predicted octanol–water partition coefficient (Wildman–Crippen LogP) is 0.814. The Labute approximate surface area is 113 Å². The fraction of sp³-hybridized carbons (Fsp3) is 0.308. The number of carbonyl (C=O) groups excluding carboxylic acids is 1. The van der Waals surface area contributed by atoms with Crippen molar-refractivity contribution < 1.29 is 13.2 Å². The molecule has 19 heavy (non-hydrogen) atoms. The van der Waals surface area contributed by atoms with Gasteiger partial charge in [-0.3, -0.25) is 4.79 Å². The smallest absolute Gasteiger partial charge is 0.251 e. The van der Waals surface area contributed by atoms with Gasteiger partial charge in [0.1, 0.15) is 0 Å². The predicted molar refractivity (Wildman–Crippen MR) is 74.3 cm³/mol. The largest absolute Gasteiger partial charge is 0.399 e. The Morgan fingerprint density at radius 1 is 1.47 bits per heavy atom. The van der Waals surface area contributed by atoms with Gasteiger partial charge in [0.2, 0.25) is 0 Å². The summed E-state index contributed by atoms with van der Waals surface area (Å²) in [5, 5.41) is 2.67. The van der Waals surface area contributed by atoms with Gasteiger partial charge in [-0.1, -0.05) is 0 Å². The van der Waals surface area contributed by atoms with Crippen LogP contribution in [0.3, 0.4) is 0 Å². The van der Waals surface area contributed by atoms with Crippen LogP contribution in [0.4, 0.5) is 5.69 Å². The molecule has 1 rings (SSSR count). The minimum absolute atomic E-state index is 0.0160. The van der Waals surface area contributed by atoms with Crippen LogP contribution in [0.25, 0.3) is 0 Å². The van der Waals surface area contributed by atoms with Crippen molar-refractivity contribution in [3.63, 3.8) is 0 Å². The molecule has 0 saturated carbocycles. The van der Waals surface area contributed by atoms with Crippen LogP contribution in [0.15, 0.2) is 23.1 Å². The molecule has 0 fully saturated rings. The topological polar surface area (TPSA) is 89.3 Å². The van der Waals surface area contributed by atoms with Gasteiger partial charge in [-0.15, -0.1) is 12.3 Å². The highest BCUT2D eigenvalue weighted by Crippen LogP contribution is 2.17. The zero-order valence-electron chi connectivity index (χ0n) is 10.8. The van der Waals surface area contributed by atoms with Gasteiger partial charge in [0, 0.05) is 30.0 Å². The Kier molecular flexibility index (Phi) is 4.57. The van der Waals surface area contributed by atoms with E-state index in [1.807, 2.05) is 0 Å². The molecule has 1 amide bonds. The Balaban J connectivity index is 3.05. The molecule has 0 aliphatic carbocycles. The molecule has 5 nitrogen and oxygen atoms in total. The average Bonchev–Trinajstić information content (AvgIpc) is 2.27. The number of amides is 1. The summed E-state index contributed by atoms with van der Waals surface area (Å²) >= 11 is 0. The van der Waals surface area contributed by atoms with Crippen LogP contribution >= 0.6 is 0 Å². The first-order valence-electron chi connectivity index (χ1n) is 5.59. The van der Waals surface area contributed by atoms with Crippen molar-refractivity contribution in [2.24, 2.45) is 0 Å². The van der Waals surface area contributed by atoms with Crippen molar-refractivity contribution in [1.29, 1.82) is 0 Å². The Morgan fingerprint density at radius 2 is 2.11 bits per heavy atom. The quantitative estimate of drug-likeness (QED) is 0.631. The number of nitrogens with one attached hydrogen (secondary N) is 1. The molecule has 0 radical (unpaired) electrons. The second-order valence-electron chi connectivity index (χ2n) is 4.35. The first-order chi connectivity index (χ1) is 8.74. The maximum atomic E-state index is 11.9. The van der Waals surface area contributed by atoms with Crippen molar-refractivity contribution in [3.8, 4) is 12.3 Å². The lowest BCUT2D eigenvalue weighted by atomic mass is 10.1. The van der Waals surface area contributed by atoms with E-state index in [4.69, 9.17) is 12.2 Å². The highest BCUT2D eigenvalue weighted by molar-refractivity contribution is 7.90. The third-order valence-electron chi connectivity index (χ3n) is 2.42. The van der Waals surface area contributed by atoms with Crippen LogP contribution in [0, 0.1) is 12.3 Å². The van der Waals surface area contributed by atoms with Gasteiger partial charge in [0.05, 0.1) is 4.90 Å². The number of benzene rings is 1. The van der Waals surface area contributed by atoms with Crippen molar-refractivity contribution in [2.75, 3.05) is 12.0 Å². The summed E-state index contributed by atoms with van der Waals surface area (Å²) in [6.07, 6.45) is 6.60. The summed E-state index contributed by atoms with van der Waals surface area (Å²) in [5.74, 6) is 2.03. The minimum Gasteiger partial charge on any atom is -0.399 e. The molecular formula is C13H16N2O3S. The van der Waals surface area contributed by atoms with E-state index in [1.54, 1.807) is 6.92 Å². The van der Waals surface area contributed by atoms with Crippen molar-refractivity contribution in [2.45, 2.75) is 24.3 Å². The van der Waals surface area contributed by atoms with Gasteiger partial charge in [-0.25, -0.2) is 8.42 Å². The van der Waals surface area contributed by atoms with Crippen molar-refractivity contribution >= 4 is 21.4 Å². The third kappa shape index (κ3) is 4.30. The lowest BCUT2D eigenvalue weighted by molar-refractivity contribution is 0.0940. The lowest BCUT2D eigenvalue weighted by Gasteiger charge is -2.12. The number of nitrogens with two attached hydrogens (primary N) is 1. The maximum absolute atomic E-state index is 11.9. The van der Waals surface area contributed by atoms with Crippen LogP contribution in [0.1, 0.15) is 23.7 Å². The zero-order chi connectivity index (χ0) is 14.6. The van der Waals surface area contributed by atoms with E-state index < -0.39 is 15.7 Å². The lowest BCUT2D eigenvalue weighted by Crippen LogP contribution is -2.32. The number of hydrogen-bond donors (Lipinski definition) is 2. The molecule has 3 N–H and O–H groups in total. The molecule has 0 spiro atoms. The van der Waals surface area contributed by atoms with Crippen molar-refractivity contribution in [1.82, 2.24) is 5.32 Å². The van der Waals surface area contributed by atoms with Gasteiger partial charge in [0.25, 0.3) is 5.91 Å². The molecule has 1 unspecified atom stereocenters. The van der Waals surface area contributed by atoms with Gasteiger partial charge in [0.15, 0.2) is 9.84 Å². The average molecular weight is 280 g/mol. The molecule has 1 aromatic carbocycles. The number of hydrogen-bond acceptors (Lipinski definition) is 4. The third-order valence-corrected chi connectivity index (χ3v) is 3.51. The first kappa shape index (κ1) is 15.1. The Bertz CT molecular complexity index is 630. The van der Waals surface area contributed by atoms with Crippen LogP contribution in [-0.4, -0.2) is 26.6 Å². The number of rotatable bonds is 4. The summed E-state index contributed by atoms with van der Waals surface area (Å²) in [4.78, 5) is 11.9. The summed E-state index contributed by atoms with van der Waals surface area (Å²) in [5.41, 5.74) is 6.03. The second kappa shape index (κ2) is 5.76. The molecule has 0 saturated heterocycles. The van der Waals surface area contributed by atoms with Crippen LogP contribution in [0.2, 0.25) is 0 Å². The van der Waals surface area contributed by atoms with E-state index in [0.717, 1.165) is 6.26 Å². The molecule has 0 aliphatic rings. The standard InChI is InChI=1S/C13H16N2O3S/c1-4-5-9(2)15-13(16)10-6-11(14)8-12(7-10)19(3,17)18/h1,6-9H,5,14H2,2-3H3,(H,15,16). The fourth-order valence-electron chi connectivity index (χ4n) is 1.50. The van der Waals surface area contributed by atoms with E-state index in [9.17, 15) is 13.2 Å². The summed E-state index contributed by atoms with van der Waals surface area (Å²) in [6, 6.07) is 3.84. The molecule has 6 heteroatoms. The van der Waals surface area contributed by atoms with E-state index in [0.29, 0.717) is 6.42 Å². The van der Waals surface area contributed by atoms with Gasteiger partial charge in [-0.2, -0.15) is 0 Å². The molecule has 1 atom stereocenters. The molecule has 102 valence electrons. The summed E-state index contributed by atoms with van der Waals surface area (Å²) in [6.45, 7) is 1.77. The number of anilines is 1.